The molecule has 0 aliphatic rings. The Morgan fingerprint density at radius 3 is 2.69 bits per heavy atom. The number of carbonyl (C=O) groups excluding carboxylic acids is 1. The van der Waals surface area contributed by atoms with E-state index in [1.807, 2.05) is 11.8 Å². The molecule has 4 heteroatoms. The van der Waals surface area contributed by atoms with Crippen molar-refractivity contribution in [3.05, 3.63) is 0 Å². The Kier molecular flexibility index (Phi) is 13.6. The van der Waals surface area contributed by atoms with Gasteiger partial charge in [-0.3, -0.25) is 4.79 Å². The summed E-state index contributed by atoms with van der Waals surface area (Å²) in [5.41, 5.74) is 0. The van der Waals surface area contributed by atoms with E-state index in [4.69, 9.17) is 4.74 Å². The van der Waals surface area contributed by atoms with Crippen LogP contribution in [-0.2, 0) is 9.53 Å². The maximum atomic E-state index is 11.3. The van der Waals surface area contributed by atoms with Crippen molar-refractivity contribution in [2.75, 3.05) is 23.4 Å². The second-order valence-electron chi connectivity index (χ2n) is 3.69. The number of rotatable bonds is 11. The lowest BCUT2D eigenvalue weighted by Gasteiger charge is -2.04. The number of esters is 1. The fourth-order valence-electron chi connectivity index (χ4n) is 1.18. The van der Waals surface area contributed by atoms with Gasteiger partial charge in [0.05, 0.1) is 0 Å². The molecular formula is C12H23BrO2S. The first kappa shape index (κ1) is 16.3. The predicted molar refractivity (Wildman–Crippen MR) is 75.5 cm³/mol. The van der Waals surface area contributed by atoms with Gasteiger partial charge in [-0.05, 0) is 25.0 Å². The summed E-state index contributed by atoms with van der Waals surface area (Å²) in [7, 11) is 0. The molecule has 0 amide bonds. The zero-order valence-corrected chi connectivity index (χ0v) is 12.6. The maximum Gasteiger partial charge on any atom is 0.305 e. The highest BCUT2D eigenvalue weighted by Gasteiger charge is 2.01. The quantitative estimate of drug-likeness (QED) is 0.327. The fraction of sp³-hybridized carbons (Fsp3) is 0.917. The van der Waals surface area contributed by atoms with Gasteiger partial charge in [0.15, 0.2) is 0 Å². The smallest absolute Gasteiger partial charge is 0.305 e. The van der Waals surface area contributed by atoms with E-state index in [1.54, 1.807) is 0 Å². The monoisotopic (exact) mass is 310 g/mol. The van der Waals surface area contributed by atoms with Gasteiger partial charge in [0.25, 0.3) is 0 Å². The van der Waals surface area contributed by atoms with Gasteiger partial charge in [-0.1, -0.05) is 35.7 Å². The van der Waals surface area contributed by atoms with Crippen LogP contribution in [0.15, 0.2) is 0 Å². The Morgan fingerprint density at radius 2 is 2.00 bits per heavy atom. The van der Waals surface area contributed by atoms with Crippen molar-refractivity contribution >= 4 is 33.7 Å². The SMILES string of the molecule is CCCCSCCOC(=O)CCCCCBr. The van der Waals surface area contributed by atoms with E-state index in [0.29, 0.717) is 13.0 Å². The zero-order chi connectivity index (χ0) is 12.1. The molecule has 0 heterocycles. The number of ether oxygens (including phenoxy) is 1. The van der Waals surface area contributed by atoms with Crippen LogP contribution in [0.3, 0.4) is 0 Å². The minimum atomic E-state index is -0.0364. The lowest BCUT2D eigenvalue weighted by atomic mass is 10.2. The third kappa shape index (κ3) is 12.4. The summed E-state index contributed by atoms with van der Waals surface area (Å²) in [6.07, 6.45) is 6.26. The number of alkyl halides is 1. The molecule has 0 saturated carbocycles. The largest absolute Gasteiger partial charge is 0.465 e. The first-order chi connectivity index (χ1) is 7.81. The van der Waals surface area contributed by atoms with Gasteiger partial charge in [-0.25, -0.2) is 0 Å². The Bertz CT molecular complexity index is 165. The van der Waals surface area contributed by atoms with E-state index in [-0.39, 0.29) is 5.97 Å². The van der Waals surface area contributed by atoms with Gasteiger partial charge >= 0.3 is 5.97 Å². The molecular weight excluding hydrogens is 288 g/mol. The maximum absolute atomic E-state index is 11.3. The Hall–Kier alpha value is 0.300. The highest BCUT2D eigenvalue weighted by molar-refractivity contribution is 9.09. The van der Waals surface area contributed by atoms with E-state index in [0.717, 1.165) is 30.3 Å². The van der Waals surface area contributed by atoms with Crippen LogP contribution in [0.25, 0.3) is 0 Å². The lowest BCUT2D eigenvalue weighted by molar-refractivity contribution is -0.143. The third-order valence-corrected chi connectivity index (χ3v) is 3.74. The van der Waals surface area contributed by atoms with Gasteiger partial charge in [-0.15, -0.1) is 0 Å². The second kappa shape index (κ2) is 13.4. The first-order valence-electron chi connectivity index (χ1n) is 6.10. The molecule has 96 valence electrons. The standard InChI is InChI=1S/C12H23BrO2S/c1-2-3-10-16-11-9-15-12(14)7-5-4-6-8-13/h2-11H2,1H3. The van der Waals surface area contributed by atoms with Crippen LogP contribution in [0, 0.1) is 0 Å². The van der Waals surface area contributed by atoms with Crippen LogP contribution < -0.4 is 0 Å². The van der Waals surface area contributed by atoms with E-state index in [9.17, 15) is 4.79 Å². The zero-order valence-electron chi connectivity index (χ0n) is 10.2. The molecule has 0 rings (SSSR count). The Morgan fingerprint density at radius 1 is 1.19 bits per heavy atom. The minimum Gasteiger partial charge on any atom is -0.465 e. The Labute approximate surface area is 112 Å². The summed E-state index contributed by atoms with van der Waals surface area (Å²) in [5.74, 6) is 2.08. The van der Waals surface area contributed by atoms with Crippen LogP contribution in [-0.4, -0.2) is 29.4 Å². The summed E-state index contributed by atoms with van der Waals surface area (Å²) in [6, 6.07) is 0. The van der Waals surface area contributed by atoms with Gasteiger partial charge < -0.3 is 4.74 Å². The molecule has 0 aromatic heterocycles. The normalized spacial score (nSPS) is 10.4. The second-order valence-corrected chi connectivity index (χ2v) is 5.70. The summed E-state index contributed by atoms with van der Waals surface area (Å²) < 4.78 is 5.13. The summed E-state index contributed by atoms with van der Waals surface area (Å²) in [6.45, 7) is 2.76. The van der Waals surface area contributed by atoms with Crippen LogP contribution in [0.4, 0.5) is 0 Å². The number of carbonyl (C=O) groups is 1. The first-order valence-corrected chi connectivity index (χ1v) is 8.38. The molecule has 0 N–H and O–H groups in total. The number of thioether (sulfide) groups is 1. The van der Waals surface area contributed by atoms with Crippen LogP contribution >= 0.6 is 27.7 Å². The van der Waals surface area contributed by atoms with Crippen molar-refractivity contribution < 1.29 is 9.53 Å². The van der Waals surface area contributed by atoms with E-state index < -0.39 is 0 Å². The topological polar surface area (TPSA) is 26.3 Å². The van der Waals surface area contributed by atoms with Gasteiger partial charge in [0, 0.05) is 17.5 Å². The summed E-state index contributed by atoms with van der Waals surface area (Å²) in [4.78, 5) is 11.3. The lowest BCUT2D eigenvalue weighted by Crippen LogP contribution is -2.07. The molecule has 16 heavy (non-hydrogen) atoms. The number of hydrogen-bond donors (Lipinski definition) is 0. The average molecular weight is 311 g/mol. The molecule has 0 bridgehead atoms. The molecule has 0 spiro atoms. The van der Waals surface area contributed by atoms with Crippen molar-refractivity contribution in [1.82, 2.24) is 0 Å². The van der Waals surface area contributed by atoms with Crippen molar-refractivity contribution in [2.24, 2.45) is 0 Å². The van der Waals surface area contributed by atoms with E-state index in [1.165, 1.54) is 18.6 Å². The number of halogens is 1. The number of unbranched alkanes of at least 4 members (excludes halogenated alkanes) is 3. The molecule has 0 aromatic carbocycles. The van der Waals surface area contributed by atoms with Crippen LogP contribution in [0.2, 0.25) is 0 Å². The fourth-order valence-corrected chi connectivity index (χ4v) is 2.47. The molecule has 0 aromatic rings. The third-order valence-electron chi connectivity index (χ3n) is 2.15. The van der Waals surface area contributed by atoms with Gasteiger partial charge in [0.2, 0.25) is 0 Å². The molecule has 0 radical (unpaired) electrons. The summed E-state index contributed by atoms with van der Waals surface area (Å²) >= 11 is 5.24. The van der Waals surface area contributed by atoms with Crippen LogP contribution in [0.5, 0.6) is 0 Å². The molecule has 0 saturated heterocycles. The van der Waals surface area contributed by atoms with E-state index >= 15 is 0 Å². The average Bonchev–Trinajstić information content (AvgIpc) is 2.29. The predicted octanol–water partition coefficient (Wildman–Crippen LogP) is 4.02. The number of hydrogen-bond acceptors (Lipinski definition) is 3. The van der Waals surface area contributed by atoms with Gasteiger partial charge in [0.1, 0.15) is 6.61 Å². The van der Waals surface area contributed by atoms with Crippen molar-refractivity contribution in [1.29, 1.82) is 0 Å². The molecule has 0 atom stereocenters. The molecule has 0 fully saturated rings. The highest BCUT2D eigenvalue weighted by Crippen LogP contribution is 2.06. The van der Waals surface area contributed by atoms with Crippen molar-refractivity contribution in [3.8, 4) is 0 Å². The summed E-state index contributed by atoms with van der Waals surface area (Å²) in [5, 5.41) is 1.02. The van der Waals surface area contributed by atoms with E-state index in [2.05, 4.69) is 22.9 Å². The van der Waals surface area contributed by atoms with Crippen molar-refractivity contribution in [3.63, 3.8) is 0 Å². The molecule has 2 nitrogen and oxygen atoms in total. The van der Waals surface area contributed by atoms with Crippen molar-refractivity contribution in [2.45, 2.75) is 45.4 Å². The Balaban J connectivity index is 3.11. The van der Waals surface area contributed by atoms with Crippen LogP contribution in [0.1, 0.15) is 45.4 Å². The molecule has 0 aliphatic carbocycles. The molecule has 0 aliphatic heterocycles. The molecule has 0 unspecified atom stereocenters. The minimum absolute atomic E-state index is 0.0364. The highest BCUT2D eigenvalue weighted by atomic mass is 79.9. The van der Waals surface area contributed by atoms with Gasteiger partial charge in [-0.2, -0.15) is 11.8 Å².